The summed E-state index contributed by atoms with van der Waals surface area (Å²) in [7, 11) is 5.08. The third kappa shape index (κ3) is 3.24. The van der Waals surface area contributed by atoms with Gasteiger partial charge in [-0.3, -0.25) is 18.9 Å². The zero-order valence-corrected chi connectivity index (χ0v) is 16.7. The molecule has 8 heteroatoms. The minimum absolute atomic E-state index is 0.0274. The minimum Gasteiger partial charge on any atom is -0.493 e. The number of benzene rings is 1. The number of rotatable bonds is 4. The van der Waals surface area contributed by atoms with Crippen molar-refractivity contribution in [3.8, 4) is 11.5 Å². The summed E-state index contributed by atoms with van der Waals surface area (Å²) in [4.78, 5) is 20.2. The summed E-state index contributed by atoms with van der Waals surface area (Å²) in [5.74, 6) is 1.93. The quantitative estimate of drug-likeness (QED) is 0.680. The molecule has 0 bridgehead atoms. The van der Waals surface area contributed by atoms with E-state index < -0.39 is 0 Å². The lowest BCUT2D eigenvalue weighted by atomic mass is 10.2. The van der Waals surface area contributed by atoms with Crippen molar-refractivity contribution in [3.05, 3.63) is 45.8 Å². The lowest BCUT2D eigenvalue weighted by Crippen LogP contribution is -2.28. The average molecular weight is 383 g/mol. The maximum Gasteiger partial charge on any atom is 0.261 e. The molecule has 4 rings (SSSR count). The van der Waals surface area contributed by atoms with Gasteiger partial charge in [-0.1, -0.05) is 0 Å². The van der Waals surface area contributed by atoms with Gasteiger partial charge >= 0.3 is 0 Å². The van der Waals surface area contributed by atoms with Crippen LogP contribution in [0.2, 0.25) is 0 Å². The van der Waals surface area contributed by atoms with Gasteiger partial charge in [-0.25, -0.2) is 4.98 Å². The summed E-state index contributed by atoms with van der Waals surface area (Å²) >= 11 is 0. The molecule has 0 unspecified atom stereocenters. The molecule has 0 atom stereocenters. The second kappa shape index (κ2) is 7.27. The molecule has 8 nitrogen and oxygen atoms in total. The molecule has 2 aromatic heterocycles. The Morgan fingerprint density at radius 2 is 1.86 bits per heavy atom. The van der Waals surface area contributed by atoms with Gasteiger partial charge in [-0.05, 0) is 13.0 Å². The van der Waals surface area contributed by atoms with Crippen LogP contribution < -0.4 is 15.0 Å². The predicted molar refractivity (Wildman–Crippen MR) is 106 cm³/mol. The van der Waals surface area contributed by atoms with Crippen LogP contribution in [0.1, 0.15) is 17.1 Å². The summed E-state index contributed by atoms with van der Waals surface area (Å²) in [6.07, 6.45) is 2.78. The second-order valence-corrected chi connectivity index (χ2v) is 7.15. The van der Waals surface area contributed by atoms with Crippen molar-refractivity contribution in [1.29, 1.82) is 0 Å². The first-order valence-electron chi connectivity index (χ1n) is 9.37. The molecule has 3 aromatic rings. The van der Waals surface area contributed by atoms with E-state index in [1.807, 2.05) is 18.7 Å². The van der Waals surface area contributed by atoms with Crippen LogP contribution in [0.25, 0.3) is 10.9 Å². The fourth-order valence-electron chi connectivity index (χ4n) is 3.83. The summed E-state index contributed by atoms with van der Waals surface area (Å²) in [5, 5.41) is 4.98. The third-order valence-electron chi connectivity index (χ3n) is 5.34. The Morgan fingerprint density at radius 3 is 2.54 bits per heavy atom. The van der Waals surface area contributed by atoms with E-state index in [2.05, 4.69) is 16.2 Å². The fourth-order valence-corrected chi connectivity index (χ4v) is 3.83. The zero-order valence-electron chi connectivity index (χ0n) is 16.7. The van der Waals surface area contributed by atoms with Gasteiger partial charge in [0.05, 0.1) is 30.8 Å². The molecule has 28 heavy (non-hydrogen) atoms. The number of hydrogen-bond donors (Lipinski definition) is 0. The van der Waals surface area contributed by atoms with Gasteiger partial charge < -0.3 is 9.47 Å². The molecule has 0 amide bonds. The molecule has 0 N–H and O–H groups in total. The Labute approximate surface area is 163 Å². The van der Waals surface area contributed by atoms with E-state index in [0.29, 0.717) is 28.9 Å². The van der Waals surface area contributed by atoms with E-state index in [-0.39, 0.29) is 5.56 Å². The van der Waals surface area contributed by atoms with E-state index in [1.165, 1.54) is 5.56 Å². The number of ether oxygens (including phenoxy) is 2. The Morgan fingerprint density at radius 1 is 1.11 bits per heavy atom. The Balaban J connectivity index is 1.66. The maximum atomic E-state index is 13.1. The van der Waals surface area contributed by atoms with Crippen molar-refractivity contribution < 1.29 is 9.47 Å². The van der Waals surface area contributed by atoms with Crippen molar-refractivity contribution in [3.63, 3.8) is 0 Å². The molecule has 0 radical (unpaired) electrons. The molecule has 0 fully saturated rings. The molecule has 0 aliphatic carbocycles. The van der Waals surface area contributed by atoms with Gasteiger partial charge in [-0.15, -0.1) is 0 Å². The first kappa shape index (κ1) is 18.5. The number of aryl methyl sites for hydroxylation is 2. The minimum atomic E-state index is -0.0274. The SMILES string of the molecule is COc1cc2nc3n(c(=O)c2cc1OC)CCN(Cc1cn(C)nc1C)CC3. The summed E-state index contributed by atoms with van der Waals surface area (Å²) in [5.41, 5.74) is 2.88. The first-order chi connectivity index (χ1) is 13.5. The van der Waals surface area contributed by atoms with Crippen molar-refractivity contribution in [1.82, 2.24) is 24.2 Å². The molecule has 1 aliphatic heterocycles. The van der Waals surface area contributed by atoms with Crippen LogP contribution in [-0.2, 0) is 26.6 Å². The highest BCUT2D eigenvalue weighted by atomic mass is 16.5. The molecule has 1 aromatic carbocycles. The van der Waals surface area contributed by atoms with Crippen LogP contribution in [0.15, 0.2) is 23.1 Å². The maximum absolute atomic E-state index is 13.1. The van der Waals surface area contributed by atoms with E-state index in [1.54, 1.807) is 30.9 Å². The van der Waals surface area contributed by atoms with Crippen LogP contribution in [0.3, 0.4) is 0 Å². The summed E-state index contributed by atoms with van der Waals surface area (Å²) in [6.45, 7) is 5.11. The van der Waals surface area contributed by atoms with Crippen molar-refractivity contribution >= 4 is 10.9 Å². The van der Waals surface area contributed by atoms with E-state index in [4.69, 9.17) is 14.5 Å². The normalized spacial score (nSPS) is 14.7. The molecular weight excluding hydrogens is 358 g/mol. The van der Waals surface area contributed by atoms with Gasteiger partial charge in [0.1, 0.15) is 5.82 Å². The van der Waals surface area contributed by atoms with Crippen LogP contribution in [-0.4, -0.2) is 51.5 Å². The Kier molecular flexibility index (Phi) is 4.80. The number of fused-ring (bicyclic) bond motifs is 2. The molecule has 0 saturated heterocycles. The van der Waals surface area contributed by atoms with Crippen molar-refractivity contribution in [2.24, 2.45) is 7.05 Å². The van der Waals surface area contributed by atoms with Crippen LogP contribution in [0.4, 0.5) is 0 Å². The molecule has 148 valence electrons. The Bertz CT molecular complexity index is 1090. The standard InChI is InChI=1S/C20H25N5O3/c1-13-14(11-23(2)22-13)12-24-6-5-19-21-16-10-18(28-4)17(27-3)9-15(16)20(26)25(19)8-7-24/h9-11H,5-8,12H2,1-4H3. The van der Waals surface area contributed by atoms with Crippen LogP contribution in [0.5, 0.6) is 11.5 Å². The lowest BCUT2D eigenvalue weighted by molar-refractivity contribution is 0.270. The highest BCUT2D eigenvalue weighted by molar-refractivity contribution is 5.82. The smallest absolute Gasteiger partial charge is 0.261 e. The van der Waals surface area contributed by atoms with E-state index in [0.717, 1.165) is 37.6 Å². The van der Waals surface area contributed by atoms with E-state index in [9.17, 15) is 4.79 Å². The van der Waals surface area contributed by atoms with Gasteiger partial charge in [0, 0.05) is 57.5 Å². The topological polar surface area (TPSA) is 74.4 Å². The first-order valence-corrected chi connectivity index (χ1v) is 9.37. The summed E-state index contributed by atoms with van der Waals surface area (Å²) < 4.78 is 14.3. The molecule has 1 aliphatic rings. The third-order valence-corrected chi connectivity index (χ3v) is 5.34. The van der Waals surface area contributed by atoms with Crippen LogP contribution >= 0.6 is 0 Å². The molecule has 0 saturated carbocycles. The van der Waals surface area contributed by atoms with Gasteiger partial charge in [-0.2, -0.15) is 5.10 Å². The van der Waals surface area contributed by atoms with Gasteiger partial charge in [0.2, 0.25) is 0 Å². The van der Waals surface area contributed by atoms with Gasteiger partial charge in [0.15, 0.2) is 11.5 Å². The van der Waals surface area contributed by atoms with Crippen molar-refractivity contribution in [2.75, 3.05) is 27.3 Å². The van der Waals surface area contributed by atoms with Crippen LogP contribution in [0, 0.1) is 6.92 Å². The molecule has 3 heterocycles. The lowest BCUT2D eigenvalue weighted by Gasteiger charge is -2.18. The highest BCUT2D eigenvalue weighted by Crippen LogP contribution is 2.30. The van der Waals surface area contributed by atoms with E-state index >= 15 is 0 Å². The Hall–Kier alpha value is -2.87. The predicted octanol–water partition coefficient (Wildman–Crippen LogP) is 1.51. The largest absolute Gasteiger partial charge is 0.493 e. The summed E-state index contributed by atoms with van der Waals surface area (Å²) in [6, 6.07) is 3.50. The molecule has 0 spiro atoms. The number of aromatic nitrogens is 4. The average Bonchev–Trinajstić information content (AvgIpc) is 2.87. The monoisotopic (exact) mass is 383 g/mol. The fraction of sp³-hybridized carbons (Fsp3) is 0.450. The number of methoxy groups -OCH3 is 2. The number of hydrogen-bond acceptors (Lipinski definition) is 6. The molecular formula is C20H25N5O3. The van der Waals surface area contributed by atoms with Gasteiger partial charge in [0.25, 0.3) is 5.56 Å². The number of nitrogens with zero attached hydrogens (tertiary/aromatic N) is 5. The second-order valence-electron chi connectivity index (χ2n) is 7.15. The zero-order chi connectivity index (χ0) is 19.8. The van der Waals surface area contributed by atoms with Crippen molar-refractivity contribution in [2.45, 2.75) is 26.4 Å². The highest BCUT2D eigenvalue weighted by Gasteiger charge is 2.20.